The van der Waals surface area contributed by atoms with Crippen molar-refractivity contribution in [3.8, 4) is 11.4 Å². The predicted molar refractivity (Wildman–Crippen MR) is 136 cm³/mol. The molecule has 0 aliphatic heterocycles. The van der Waals surface area contributed by atoms with E-state index in [-0.39, 0.29) is 6.03 Å². The second kappa shape index (κ2) is 10.3. The van der Waals surface area contributed by atoms with Crippen LogP contribution < -0.4 is 16.0 Å². The number of nitrogens with one attached hydrogen (secondary N) is 3. The van der Waals surface area contributed by atoms with Crippen molar-refractivity contribution in [2.75, 3.05) is 23.7 Å². The summed E-state index contributed by atoms with van der Waals surface area (Å²) in [4.78, 5) is 21.6. The summed E-state index contributed by atoms with van der Waals surface area (Å²) in [7, 11) is 0. The Labute approximate surface area is 198 Å². The summed E-state index contributed by atoms with van der Waals surface area (Å²) >= 11 is 6.19. The number of benzene rings is 3. The van der Waals surface area contributed by atoms with E-state index >= 15 is 0 Å². The van der Waals surface area contributed by atoms with Crippen LogP contribution in [0.5, 0.6) is 0 Å². The molecule has 4 aromatic rings. The van der Waals surface area contributed by atoms with E-state index in [2.05, 4.69) is 34.8 Å². The Bertz CT molecular complexity index is 1240. The van der Waals surface area contributed by atoms with Crippen LogP contribution in [0.25, 0.3) is 22.3 Å². The molecule has 0 radical (unpaired) electrons. The summed E-state index contributed by atoms with van der Waals surface area (Å²) in [5, 5.41) is 10.5. The highest BCUT2D eigenvalue weighted by molar-refractivity contribution is 6.31. The number of anilines is 2. The van der Waals surface area contributed by atoms with Crippen molar-refractivity contribution >= 4 is 40.0 Å². The van der Waals surface area contributed by atoms with E-state index in [4.69, 9.17) is 16.6 Å². The minimum atomic E-state index is -0.251. The fourth-order valence-corrected chi connectivity index (χ4v) is 3.60. The Morgan fingerprint density at radius 1 is 0.939 bits per heavy atom. The Balaban J connectivity index is 1.40. The normalized spacial score (nSPS) is 10.9. The first-order valence-corrected chi connectivity index (χ1v) is 11.3. The molecule has 168 valence electrons. The number of nitrogens with zero attached hydrogens (tertiary/aromatic N) is 2. The topological polar surface area (TPSA) is 78.9 Å². The van der Waals surface area contributed by atoms with E-state index in [9.17, 15) is 4.79 Å². The van der Waals surface area contributed by atoms with Crippen molar-refractivity contribution in [1.82, 2.24) is 15.3 Å². The van der Waals surface area contributed by atoms with Gasteiger partial charge in [0.15, 0.2) is 5.82 Å². The minimum Gasteiger partial charge on any atom is -0.368 e. The average molecular weight is 460 g/mol. The Morgan fingerprint density at radius 3 is 2.42 bits per heavy atom. The van der Waals surface area contributed by atoms with Crippen LogP contribution in [0.3, 0.4) is 0 Å². The summed E-state index contributed by atoms with van der Waals surface area (Å²) in [6, 6.07) is 23.0. The van der Waals surface area contributed by atoms with E-state index in [0.29, 0.717) is 35.7 Å². The molecular formula is C26H26ClN5O. The number of rotatable bonds is 7. The summed E-state index contributed by atoms with van der Waals surface area (Å²) in [5.74, 6) is 1.76. The number of carbonyl (C=O) groups is 1. The molecule has 0 bridgehead atoms. The molecule has 3 N–H and O–H groups in total. The first-order valence-electron chi connectivity index (χ1n) is 10.9. The smallest absolute Gasteiger partial charge is 0.319 e. The van der Waals surface area contributed by atoms with Gasteiger partial charge in [0.1, 0.15) is 5.82 Å². The molecule has 7 heteroatoms. The second-order valence-electron chi connectivity index (χ2n) is 8.01. The van der Waals surface area contributed by atoms with Gasteiger partial charge < -0.3 is 16.0 Å². The molecule has 2 amide bonds. The van der Waals surface area contributed by atoms with Crippen molar-refractivity contribution < 1.29 is 4.79 Å². The van der Waals surface area contributed by atoms with Gasteiger partial charge in [0.05, 0.1) is 5.52 Å². The number of carbonyl (C=O) groups excluding carboxylic acids is 1. The molecule has 0 aliphatic rings. The third kappa shape index (κ3) is 5.79. The van der Waals surface area contributed by atoms with Crippen LogP contribution in [-0.2, 0) is 0 Å². The summed E-state index contributed by atoms with van der Waals surface area (Å²) in [6.45, 7) is 5.21. The highest BCUT2D eigenvalue weighted by atomic mass is 35.5. The van der Waals surface area contributed by atoms with Crippen molar-refractivity contribution in [2.45, 2.75) is 19.8 Å². The summed E-state index contributed by atoms with van der Waals surface area (Å²) in [5.41, 5.74) is 3.67. The number of aromatic nitrogens is 2. The fraction of sp³-hybridized carbons (Fsp3) is 0.192. The number of amides is 2. The number of hydrogen-bond acceptors (Lipinski definition) is 4. The highest BCUT2D eigenvalue weighted by Gasteiger charge is 2.10. The number of hydrogen-bond donors (Lipinski definition) is 3. The van der Waals surface area contributed by atoms with Crippen LogP contribution in [-0.4, -0.2) is 29.1 Å². The lowest BCUT2D eigenvalue weighted by atomic mass is 10.0. The third-order valence-corrected chi connectivity index (χ3v) is 5.46. The summed E-state index contributed by atoms with van der Waals surface area (Å²) < 4.78 is 0. The van der Waals surface area contributed by atoms with Crippen molar-refractivity contribution in [3.63, 3.8) is 0 Å². The first kappa shape index (κ1) is 22.6. The quantitative estimate of drug-likeness (QED) is 0.283. The van der Waals surface area contributed by atoms with Crippen LogP contribution >= 0.6 is 11.6 Å². The van der Waals surface area contributed by atoms with Gasteiger partial charge in [-0.2, -0.15) is 0 Å². The Morgan fingerprint density at radius 2 is 1.70 bits per heavy atom. The highest BCUT2D eigenvalue weighted by Crippen LogP contribution is 2.27. The molecule has 1 heterocycles. The molecule has 0 saturated carbocycles. The molecule has 0 unspecified atom stereocenters. The molecular weight excluding hydrogens is 434 g/mol. The SMILES string of the molecule is CC(C)c1ccc(NC(=O)NCCNc2nc(-c3ccccc3)nc3cc(Cl)ccc23)cc1. The maximum absolute atomic E-state index is 12.2. The maximum Gasteiger partial charge on any atom is 0.319 e. The van der Waals surface area contributed by atoms with E-state index in [1.54, 1.807) is 0 Å². The van der Waals surface area contributed by atoms with Gasteiger partial charge in [-0.1, -0.05) is 67.9 Å². The summed E-state index contributed by atoms with van der Waals surface area (Å²) in [6.07, 6.45) is 0. The maximum atomic E-state index is 12.2. The van der Waals surface area contributed by atoms with Gasteiger partial charge in [-0.25, -0.2) is 14.8 Å². The molecule has 3 aromatic carbocycles. The van der Waals surface area contributed by atoms with Crippen LogP contribution in [0, 0.1) is 0 Å². The lowest BCUT2D eigenvalue weighted by molar-refractivity contribution is 0.252. The molecule has 1 aromatic heterocycles. The number of urea groups is 1. The van der Waals surface area contributed by atoms with Gasteiger partial charge in [0, 0.05) is 34.7 Å². The van der Waals surface area contributed by atoms with E-state index < -0.39 is 0 Å². The molecule has 6 nitrogen and oxygen atoms in total. The van der Waals surface area contributed by atoms with Crippen LogP contribution in [0.15, 0.2) is 72.8 Å². The first-order chi connectivity index (χ1) is 16.0. The van der Waals surface area contributed by atoms with Crippen LogP contribution in [0.4, 0.5) is 16.3 Å². The second-order valence-corrected chi connectivity index (χ2v) is 8.44. The lowest BCUT2D eigenvalue weighted by Crippen LogP contribution is -2.32. The fourth-order valence-electron chi connectivity index (χ4n) is 3.44. The Kier molecular flexibility index (Phi) is 7.05. The van der Waals surface area contributed by atoms with E-state index in [0.717, 1.165) is 22.2 Å². The monoisotopic (exact) mass is 459 g/mol. The molecule has 0 saturated heterocycles. The predicted octanol–water partition coefficient (Wildman–Crippen LogP) is 6.31. The van der Waals surface area contributed by atoms with Gasteiger partial charge >= 0.3 is 6.03 Å². The Hall–Kier alpha value is -3.64. The van der Waals surface area contributed by atoms with E-state index in [1.165, 1.54) is 5.56 Å². The number of halogens is 1. The largest absolute Gasteiger partial charge is 0.368 e. The van der Waals surface area contributed by atoms with Gasteiger partial charge in [0.25, 0.3) is 0 Å². The van der Waals surface area contributed by atoms with Crippen LogP contribution in [0.2, 0.25) is 5.02 Å². The van der Waals surface area contributed by atoms with Crippen LogP contribution in [0.1, 0.15) is 25.3 Å². The van der Waals surface area contributed by atoms with Crippen molar-refractivity contribution in [2.24, 2.45) is 0 Å². The van der Waals surface area contributed by atoms with Gasteiger partial charge in [-0.05, 0) is 41.8 Å². The molecule has 0 aliphatic carbocycles. The average Bonchev–Trinajstić information content (AvgIpc) is 2.82. The molecule has 4 rings (SSSR count). The third-order valence-electron chi connectivity index (χ3n) is 5.23. The number of fused-ring (bicyclic) bond motifs is 1. The minimum absolute atomic E-state index is 0.251. The molecule has 33 heavy (non-hydrogen) atoms. The van der Waals surface area contributed by atoms with Gasteiger partial charge in [-0.15, -0.1) is 0 Å². The van der Waals surface area contributed by atoms with Crippen molar-refractivity contribution in [1.29, 1.82) is 0 Å². The van der Waals surface area contributed by atoms with Gasteiger partial charge in [0.2, 0.25) is 0 Å². The zero-order chi connectivity index (χ0) is 23.2. The van der Waals surface area contributed by atoms with Gasteiger partial charge in [-0.3, -0.25) is 0 Å². The zero-order valence-electron chi connectivity index (χ0n) is 18.6. The standard InChI is InChI=1S/C26H26ClN5O/c1-17(2)18-8-11-21(12-9-18)30-26(33)29-15-14-28-25-22-13-10-20(27)16-23(22)31-24(32-25)19-6-4-3-5-7-19/h3-13,16-17H,14-15H2,1-2H3,(H,28,31,32)(H2,29,30,33). The zero-order valence-corrected chi connectivity index (χ0v) is 19.4. The van der Waals surface area contributed by atoms with E-state index in [1.807, 2.05) is 72.8 Å². The van der Waals surface area contributed by atoms with Crippen molar-refractivity contribution in [3.05, 3.63) is 83.4 Å². The lowest BCUT2D eigenvalue weighted by Gasteiger charge is -2.12. The molecule has 0 fully saturated rings. The molecule has 0 spiro atoms. The molecule has 0 atom stereocenters.